The summed E-state index contributed by atoms with van der Waals surface area (Å²) in [5, 5.41) is 5.14. The van der Waals surface area contributed by atoms with E-state index in [0.717, 1.165) is 23.9 Å². The number of rotatable bonds is 2. The lowest BCUT2D eigenvalue weighted by atomic mass is 10.2. The van der Waals surface area contributed by atoms with Crippen molar-refractivity contribution < 1.29 is 0 Å². The highest BCUT2D eigenvalue weighted by molar-refractivity contribution is 7.99. The molecule has 3 nitrogen and oxygen atoms in total. The van der Waals surface area contributed by atoms with Crippen molar-refractivity contribution >= 4 is 23.4 Å². The Hall–Kier alpha value is -0.190. The summed E-state index contributed by atoms with van der Waals surface area (Å²) in [7, 11) is 1.90. The minimum absolute atomic E-state index is 0.786. The van der Waals surface area contributed by atoms with Gasteiger partial charge in [0.2, 0.25) is 0 Å². The van der Waals surface area contributed by atoms with Crippen LogP contribution in [0.3, 0.4) is 0 Å². The molecule has 1 fully saturated rings. The van der Waals surface area contributed by atoms with Crippen molar-refractivity contribution in [1.29, 1.82) is 0 Å². The third kappa shape index (κ3) is 2.73. The maximum absolute atomic E-state index is 6.24. The number of halogens is 1. The molecule has 0 atom stereocenters. The molecule has 16 heavy (non-hydrogen) atoms. The summed E-state index contributed by atoms with van der Waals surface area (Å²) in [6.45, 7) is 5.32. The van der Waals surface area contributed by atoms with Gasteiger partial charge in [-0.05, 0) is 25.6 Å². The van der Waals surface area contributed by atoms with Gasteiger partial charge in [0.15, 0.2) is 0 Å². The second-order valence-corrected chi connectivity index (χ2v) is 5.80. The molecule has 1 aromatic heterocycles. The standard InChI is InChI=1S/C11H18ClN3S/c1-9-10(11(12)14(2)13-9)8-15-4-3-6-16-7-5-15/h3-8H2,1-2H3. The smallest absolute Gasteiger partial charge is 0.131 e. The molecule has 0 amide bonds. The van der Waals surface area contributed by atoms with Crippen LogP contribution in [0.25, 0.3) is 0 Å². The molecule has 1 aromatic rings. The van der Waals surface area contributed by atoms with E-state index >= 15 is 0 Å². The number of hydrogen-bond donors (Lipinski definition) is 0. The first-order valence-corrected chi connectivity index (χ1v) is 7.20. The summed E-state index contributed by atoms with van der Waals surface area (Å²) in [5.41, 5.74) is 2.25. The van der Waals surface area contributed by atoms with E-state index in [1.165, 1.54) is 30.0 Å². The number of thioether (sulfide) groups is 1. The van der Waals surface area contributed by atoms with Gasteiger partial charge in [-0.2, -0.15) is 16.9 Å². The van der Waals surface area contributed by atoms with Crippen LogP contribution in [-0.2, 0) is 13.6 Å². The molecule has 1 saturated heterocycles. The van der Waals surface area contributed by atoms with Gasteiger partial charge in [0.05, 0.1) is 5.69 Å². The van der Waals surface area contributed by atoms with Crippen LogP contribution in [0.15, 0.2) is 0 Å². The molecule has 2 heterocycles. The lowest BCUT2D eigenvalue weighted by Crippen LogP contribution is -2.25. The van der Waals surface area contributed by atoms with Crippen LogP contribution in [0.1, 0.15) is 17.7 Å². The highest BCUT2D eigenvalue weighted by atomic mass is 35.5. The summed E-state index contributed by atoms with van der Waals surface area (Å²) in [6, 6.07) is 0. The Kier molecular flexibility index (Phi) is 4.16. The fraction of sp³-hybridized carbons (Fsp3) is 0.727. The average molecular weight is 260 g/mol. The zero-order valence-corrected chi connectivity index (χ0v) is 11.4. The average Bonchev–Trinajstić information content (AvgIpc) is 2.51. The van der Waals surface area contributed by atoms with E-state index in [1.54, 1.807) is 4.68 Å². The maximum atomic E-state index is 6.24. The van der Waals surface area contributed by atoms with Gasteiger partial charge in [0, 0.05) is 31.5 Å². The van der Waals surface area contributed by atoms with Crippen LogP contribution in [0, 0.1) is 6.92 Å². The largest absolute Gasteiger partial charge is 0.298 e. The van der Waals surface area contributed by atoms with Gasteiger partial charge in [-0.15, -0.1) is 0 Å². The second-order valence-electron chi connectivity index (χ2n) is 4.22. The highest BCUT2D eigenvalue weighted by Crippen LogP contribution is 2.21. The maximum Gasteiger partial charge on any atom is 0.131 e. The van der Waals surface area contributed by atoms with Gasteiger partial charge in [0.25, 0.3) is 0 Å². The molecule has 0 saturated carbocycles. The van der Waals surface area contributed by atoms with Crippen LogP contribution in [-0.4, -0.2) is 39.3 Å². The summed E-state index contributed by atoms with van der Waals surface area (Å²) in [4.78, 5) is 2.48. The monoisotopic (exact) mass is 259 g/mol. The Bertz CT molecular complexity index is 356. The number of aromatic nitrogens is 2. The number of hydrogen-bond acceptors (Lipinski definition) is 3. The SMILES string of the molecule is Cc1nn(C)c(Cl)c1CN1CCCSCC1. The molecule has 0 spiro atoms. The fourth-order valence-electron chi connectivity index (χ4n) is 2.03. The van der Waals surface area contributed by atoms with Crippen molar-refractivity contribution in [1.82, 2.24) is 14.7 Å². The Morgan fingerprint density at radius 3 is 2.88 bits per heavy atom. The molecule has 90 valence electrons. The van der Waals surface area contributed by atoms with Crippen molar-refractivity contribution in [2.45, 2.75) is 19.9 Å². The Morgan fingerprint density at radius 2 is 2.19 bits per heavy atom. The molecule has 1 aliphatic rings. The van der Waals surface area contributed by atoms with Crippen LogP contribution < -0.4 is 0 Å². The van der Waals surface area contributed by atoms with Gasteiger partial charge in [-0.25, -0.2) is 0 Å². The lowest BCUT2D eigenvalue weighted by Gasteiger charge is -2.19. The van der Waals surface area contributed by atoms with E-state index in [0.29, 0.717) is 0 Å². The summed E-state index contributed by atoms with van der Waals surface area (Å²) in [5.74, 6) is 2.52. The quantitative estimate of drug-likeness (QED) is 0.814. The van der Waals surface area contributed by atoms with Crippen molar-refractivity contribution in [2.75, 3.05) is 24.6 Å². The highest BCUT2D eigenvalue weighted by Gasteiger charge is 2.16. The molecule has 0 unspecified atom stereocenters. The van der Waals surface area contributed by atoms with E-state index in [2.05, 4.69) is 10.00 Å². The molecule has 0 bridgehead atoms. The lowest BCUT2D eigenvalue weighted by molar-refractivity contribution is 0.287. The predicted octanol–water partition coefficient (Wildman–Crippen LogP) is 2.32. The van der Waals surface area contributed by atoms with E-state index in [4.69, 9.17) is 11.6 Å². The summed E-state index contributed by atoms with van der Waals surface area (Å²) in [6.07, 6.45) is 1.28. The fourth-order valence-corrected chi connectivity index (χ4v) is 3.19. The van der Waals surface area contributed by atoms with Crippen LogP contribution in [0.4, 0.5) is 0 Å². The van der Waals surface area contributed by atoms with Crippen molar-refractivity contribution in [3.8, 4) is 0 Å². The summed E-state index contributed by atoms with van der Waals surface area (Å²) < 4.78 is 1.76. The number of aryl methyl sites for hydroxylation is 2. The Labute approximate surface area is 106 Å². The van der Waals surface area contributed by atoms with Crippen LogP contribution >= 0.6 is 23.4 Å². The number of nitrogens with zero attached hydrogens (tertiary/aromatic N) is 3. The van der Waals surface area contributed by atoms with Crippen LogP contribution in [0.5, 0.6) is 0 Å². The predicted molar refractivity (Wildman–Crippen MR) is 70.2 cm³/mol. The van der Waals surface area contributed by atoms with Gasteiger partial charge in [0.1, 0.15) is 5.15 Å². The van der Waals surface area contributed by atoms with Crippen molar-refractivity contribution in [2.24, 2.45) is 7.05 Å². The van der Waals surface area contributed by atoms with Gasteiger partial charge in [-0.1, -0.05) is 11.6 Å². The molecule has 5 heteroatoms. The Morgan fingerprint density at radius 1 is 1.38 bits per heavy atom. The first kappa shape index (κ1) is 12.3. The zero-order valence-electron chi connectivity index (χ0n) is 9.87. The first-order chi connectivity index (χ1) is 7.68. The topological polar surface area (TPSA) is 21.1 Å². The molecular weight excluding hydrogens is 242 g/mol. The molecule has 1 aliphatic heterocycles. The third-order valence-electron chi connectivity index (χ3n) is 2.97. The Balaban J connectivity index is 2.07. The van der Waals surface area contributed by atoms with E-state index < -0.39 is 0 Å². The molecule has 0 N–H and O–H groups in total. The van der Waals surface area contributed by atoms with Crippen molar-refractivity contribution in [3.05, 3.63) is 16.4 Å². The zero-order chi connectivity index (χ0) is 11.5. The molecule has 0 aromatic carbocycles. The minimum atomic E-state index is 0.786. The molecular formula is C11H18ClN3S. The third-order valence-corrected chi connectivity index (χ3v) is 4.49. The van der Waals surface area contributed by atoms with E-state index in [-0.39, 0.29) is 0 Å². The molecule has 0 aliphatic carbocycles. The van der Waals surface area contributed by atoms with Gasteiger partial charge in [-0.3, -0.25) is 9.58 Å². The first-order valence-electron chi connectivity index (χ1n) is 5.66. The minimum Gasteiger partial charge on any atom is -0.298 e. The van der Waals surface area contributed by atoms with Crippen molar-refractivity contribution in [3.63, 3.8) is 0 Å². The van der Waals surface area contributed by atoms with E-state index in [9.17, 15) is 0 Å². The second kappa shape index (κ2) is 5.43. The van der Waals surface area contributed by atoms with Gasteiger partial charge >= 0.3 is 0 Å². The van der Waals surface area contributed by atoms with Gasteiger partial charge < -0.3 is 0 Å². The van der Waals surface area contributed by atoms with Crippen LogP contribution in [0.2, 0.25) is 5.15 Å². The van der Waals surface area contributed by atoms with E-state index in [1.807, 2.05) is 25.7 Å². The molecule has 0 radical (unpaired) electrons. The normalized spacial score (nSPS) is 18.7. The molecule has 2 rings (SSSR count). The summed E-state index contributed by atoms with van der Waals surface area (Å²) >= 11 is 8.29.